The van der Waals surface area contributed by atoms with E-state index in [0.29, 0.717) is 23.6 Å². The van der Waals surface area contributed by atoms with Crippen LogP contribution in [-0.4, -0.2) is 54.0 Å². The van der Waals surface area contributed by atoms with E-state index in [1.54, 1.807) is 4.57 Å². The molecule has 8 nitrogen and oxygen atoms in total. The number of amides is 1. The monoisotopic (exact) mass is 551 g/mol. The molecule has 212 valence electrons. The van der Waals surface area contributed by atoms with Crippen molar-refractivity contribution in [1.29, 1.82) is 0 Å². The zero-order valence-corrected chi connectivity index (χ0v) is 24.2. The summed E-state index contributed by atoms with van der Waals surface area (Å²) >= 11 is 0. The molecule has 1 amide bonds. The number of benzene rings is 2. The van der Waals surface area contributed by atoms with Crippen LogP contribution in [0.15, 0.2) is 72.8 Å². The predicted octanol–water partition coefficient (Wildman–Crippen LogP) is 5.62. The van der Waals surface area contributed by atoms with E-state index in [1.807, 2.05) is 81.4 Å². The van der Waals surface area contributed by atoms with Crippen molar-refractivity contribution in [2.75, 3.05) is 47.9 Å². The highest BCUT2D eigenvalue weighted by Gasteiger charge is 2.26. The van der Waals surface area contributed by atoms with Gasteiger partial charge in [0.25, 0.3) is 11.7 Å². The van der Waals surface area contributed by atoms with Gasteiger partial charge >= 0.3 is 0 Å². The van der Waals surface area contributed by atoms with Gasteiger partial charge in [0.05, 0.1) is 0 Å². The Bertz CT molecular complexity index is 1500. The van der Waals surface area contributed by atoms with Crippen LogP contribution in [0.4, 0.5) is 17.2 Å². The third kappa shape index (κ3) is 6.33. The standard InChI is InChI=1S/C33H37N5O3/c1-5-41-22-38-25(4)21-29(26-9-7-6-8-10-26)31(38)32(39)33(40)35-27-11-13-28(14-12-27)36-15-17-37(18-16-36)30-20-23(2)19-24(3)34-30/h6-14,19-21H,5,15-18,22H2,1-4H3,(H,35,40). The summed E-state index contributed by atoms with van der Waals surface area (Å²) in [4.78, 5) is 36.1. The van der Waals surface area contributed by atoms with E-state index in [4.69, 9.17) is 9.72 Å². The first-order chi connectivity index (χ1) is 19.8. The van der Waals surface area contributed by atoms with Crippen LogP contribution in [0.25, 0.3) is 11.1 Å². The van der Waals surface area contributed by atoms with Gasteiger partial charge in [-0.15, -0.1) is 0 Å². The smallest absolute Gasteiger partial charge is 0.298 e. The van der Waals surface area contributed by atoms with Gasteiger partial charge < -0.3 is 24.4 Å². The Labute approximate surface area is 241 Å². The fraction of sp³-hybridized carbons (Fsp3) is 0.303. The number of piperazine rings is 1. The second-order valence-electron chi connectivity index (χ2n) is 10.4. The first-order valence-corrected chi connectivity index (χ1v) is 14.1. The van der Waals surface area contributed by atoms with Gasteiger partial charge in [0.15, 0.2) is 0 Å². The summed E-state index contributed by atoms with van der Waals surface area (Å²) < 4.78 is 7.39. The fourth-order valence-electron chi connectivity index (χ4n) is 5.34. The lowest BCUT2D eigenvalue weighted by Crippen LogP contribution is -2.46. The van der Waals surface area contributed by atoms with Crippen molar-refractivity contribution in [2.24, 2.45) is 0 Å². The number of hydrogen-bond acceptors (Lipinski definition) is 6. The molecule has 0 spiro atoms. The third-order valence-electron chi connectivity index (χ3n) is 7.41. The first-order valence-electron chi connectivity index (χ1n) is 14.1. The maximum absolute atomic E-state index is 13.5. The number of nitrogens with one attached hydrogen (secondary N) is 1. The highest BCUT2D eigenvalue weighted by molar-refractivity contribution is 6.47. The maximum atomic E-state index is 13.5. The van der Waals surface area contributed by atoms with Crippen molar-refractivity contribution in [3.63, 3.8) is 0 Å². The van der Waals surface area contributed by atoms with Crippen LogP contribution in [0.2, 0.25) is 0 Å². The number of ketones is 1. The Kier molecular flexibility index (Phi) is 8.50. The first kappa shape index (κ1) is 28.1. The minimum absolute atomic E-state index is 0.199. The molecule has 1 aliphatic rings. The zero-order valence-electron chi connectivity index (χ0n) is 24.2. The molecule has 2 aromatic heterocycles. The Morgan fingerprint density at radius 2 is 1.56 bits per heavy atom. The number of aromatic nitrogens is 2. The summed E-state index contributed by atoms with van der Waals surface area (Å²) in [6.07, 6.45) is 0. The Morgan fingerprint density at radius 1 is 0.878 bits per heavy atom. The molecule has 1 N–H and O–H groups in total. The molecular formula is C33H37N5O3. The van der Waals surface area contributed by atoms with Crippen molar-refractivity contribution >= 4 is 28.9 Å². The van der Waals surface area contributed by atoms with Crippen molar-refractivity contribution in [3.05, 3.63) is 95.4 Å². The molecular weight excluding hydrogens is 514 g/mol. The highest BCUT2D eigenvalue weighted by atomic mass is 16.5. The van der Waals surface area contributed by atoms with Crippen molar-refractivity contribution in [3.8, 4) is 11.1 Å². The minimum Gasteiger partial charge on any atom is -0.368 e. The highest BCUT2D eigenvalue weighted by Crippen LogP contribution is 2.29. The number of pyridine rings is 1. The van der Waals surface area contributed by atoms with Crippen LogP contribution in [-0.2, 0) is 16.3 Å². The van der Waals surface area contributed by atoms with Crippen molar-refractivity contribution < 1.29 is 14.3 Å². The summed E-state index contributed by atoms with van der Waals surface area (Å²) in [5, 5.41) is 2.80. The second-order valence-corrected chi connectivity index (χ2v) is 10.4. The van der Waals surface area contributed by atoms with Crippen LogP contribution in [0.5, 0.6) is 0 Å². The predicted molar refractivity (Wildman–Crippen MR) is 164 cm³/mol. The van der Waals surface area contributed by atoms with Gasteiger partial charge in [-0.05, 0) is 81.3 Å². The molecule has 4 aromatic rings. The van der Waals surface area contributed by atoms with Crippen LogP contribution in [0, 0.1) is 20.8 Å². The van der Waals surface area contributed by atoms with E-state index in [2.05, 4.69) is 34.2 Å². The molecule has 1 saturated heterocycles. The van der Waals surface area contributed by atoms with Crippen LogP contribution < -0.4 is 15.1 Å². The second kappa shape index (κ2) is 12.4. The average Bonchev–Trinajstić information content (AvgIpc) is 3.31. The lowest BCUT2D eigenvalue weighted by Gasteiger charge is -2.37. The normalized spacial score (nSPS) is 13.4. The van der Waals surface area contributed by atoms with E-state index in [-0.39, 0.29) is 6.73 Å². The SMILES string of the molecule is CCOCn1c(C)cc(-c2ccccc2)c1C(=O)C(=O)Nc1ccc(N2CCN(c3cc(C)cc(C)n3)CC2)cc1. The van der Waals surface area contributed by atoms with Gasteiger partial charge in [0, 0.05) is 61.1 Å². The van der Waals surface area contributed by atoms with Gasteiger partial charge in [-0.3, -0.25) is 9.59 Å². The molecule has 0 saturated carbocycles. The van der Waals surface area contributed by atoms with Crippen LogP contribution in [0.3, 0.4) is 0 Å². The van der Waals surface area contributed by atoms with Gasteiger partial charge in [-0.2, -0.15) is 0 Å². The quantitative estimate of drug-likeness (QED) is 0.215. The number of anilines is 3. The lowest BCUT2D eigenvalue weighted by atomic mass is 10.0. The fourth-order valence-corrected chi connectivity index (χ4v) is 5.34. The maximum Gasteiger partial charge on any atom is 0.298 e. The molecule has 0 radical (unpaired) electrons. The summed E-state index contributed by atoms with van der Waals surface area (Å²) in [5.74, 6) is -0.250. The molecule has 1 aliphatic heterocycles. The average molecular weight is 552 g/mol. The number of nitrogens with zero attached hydrogens (tertiary/aromatic N) is 4. The van der Waals surface area contributed by atoms with Crippen molar-refractivity contribution in [1.82, 2.24) is 9.55 Å². The summed E-state index contributed by atoms with van der Waals surface area (Å²) in [5.41, 5.74) is 6.68. The zero-order chi connectivity index (χ0) is 28.9. The third-order valence-corrected chi connectivity index (χ3v) is 7.41. The molecule has 0 aliphatic carbocycles. The van der Waals surface area contributed by atoms with E-state index in [1.165, 1.54) is 5.56 Å². The minimum atomic E-state index is -0.680. The number of hydrogen-bond donors (Lipinski definition) is 1. The van der Waals surface area contributed by atoms with Gasteiger partial charge in [0.2, 0.25) is 0 Å². The Morgan fingerprint density at radius 3 is 2.22 bits per heavy atom. The molecule has 8 heteroatoms. The molecule has 5 rings (SSSR count). The van der Waals surface area contributed by atoms with E-state index >= 15 is 0 Å². The number of carbonyl (C=O) groups is 2. The molecule has 1 fully saturated rings. The summed E-state index contributed by atoms with van der Waals surface area (Å²) in [6, 6.07) is 23.5. The number of carbonyl (C=O) groups excluding carboxylic acids is 2. The topological polar surface area (TPSA) is 79.7 Å². The van der Waals surface area contributed by atoms with Crippen molar-refractivity contribution in [2.45, 2.75) is 34.4 Å². The van der Waals surface area contributed by atoms with E-state index in [9.17, 15) is 9.59 Å². The number of ether oxygens (including phenoxy) is 1. The van der Waals surface area contributed by atoms with Gasteiger partial charge in [-0.1, -0.05) is 30.3 Å². The number of aryl methyl sites for hydroxylation is 3. The number of Topliss-reactive ketones (excluding diaryl/α,β-unsaturated/α-hetero) is 1. The lowest BCUT2D eigenvalue weighted by molar-refractivity contribution is -0.112. The summed E-state index contributed by atoms with van der Waals surface area (Å²) in [6.45, 7) is 12.2. The van der Waals surface area contributed by atoms with Crippen LogP contribution in [0.1, 0.15) is 34.4 Å². The van der Waals surface area contributed by atoms with Gasteiger partial charge in [0.1, 0.15) is 18.2 Å². The van der Waals surface area contributed by atoms with E-state index in [0.717, 1.165) is 54.6 Å². The number of rotatable bonds is 9. The molecule has 0 unspecified atom stereocenters. The van der Waals surface area contributed by atoms with Gasteiger partial charge in [-0.25, -0.2) is 4.98 Å². The molecule has 41 heavy (non-hydrogen) atoms. The molecule has 0 bridgehead atoms. The largest absolute Gasteiger partial charge is 0.368 e. The van der Waals surface area contributed by atoms with E-state index < -0.39 is 11.7 Å². The molecule has 2 aromatic carbocycles. The molecule has 0 atom stereocenters. The Hall–Kier alpha value is -4.43. The molecule has 3 heterocycles. The summed E-state index contributed by atoms with van der Waals surface area (Å²) in [7, 11) is 0. The Balaban J connectivity index is 1.27. The van der Waals surface area contributed by atoms with Crippen LogP contribution >= 0.6 is 0 Å².